The molecule has 1 amide bonds. The highest BCUT2D eigenvalue weighted by molar-refractivity contribution is 7.10. The van der Waals surface area contributed by atoms with Crippen LogP contribution in [-0.4, -0.2) is 39.8 Å². The number of H-pyrrole nitrogens is 1. The molecule has 0 aliphatic carbocycles. The van der Waals surface area contributed by atoms with Crippen molar-refractivity contribution in [2.75, 3.05) is 13.2 Å². The van der Waals surface area contributed by atoms with Gasteiger partial charge >= 0.3 is 0 Å². The highest BCUT2D eigenvalue weighted by Crippen LogP contribution is 2.41. The van der Waals surface area contributed by atoms with Crippen LogP contribution in [0.15, 0.2) is 77.8 Å². The van der Waals surface area contributed by atoms with Crippen LogP contribution in [0.25, 0.3) is 16.7 Å². The molecule has 1 aliphatic heterocycles. The number of thiophene rings is 1. The van der Waals surface area contributed by atoms with Gasteiger partial charge in [0.1, 0.15) is 11.5 Å². The Morgan fingerprint density at radius 2 is 1.88 bits per heavy atom. The van der Waals surface area contributed by atoms with Gasteiger partial charge in [0.2, 0.25) is 0 Å². The summed E-state index contributed by atoms with van der Waals surface area (Å²) in [5.41, 5.74) is 2.70. The van der Waals surface area contributed by atoms with E-state index in [0.717, 1.165) is 21.3 Å². The van der Waals surface area contributed by atoms with E-state index in [0.29, 0.717) is 30.9 Å². The van der Waals surface area contributed by atoms with Crippen molar-refractivity contribution < 1.29 is 19.4 Å². The summed E-state index contributed by atoms with van der Waals surface area (Å²) in [6.07, 6.45) is 2.53. The number of benzene rings is 2. The largest absolute Gasteiger partial charge is 0.507 e. The van der Waals surface area contributed by atoms with Gasteiger partial charge in [-0.1, -0.05) is 24.3 Å². The molecule has 0 unspecified atom stereocenters. The first-order valence-electron chi connectivity index (χ1n) is 11.2. The smallest absolute Gasteiger partial charge is 0.295 e. The number of rotatable bonds is 7. The first kappa shape index (κ1) is 22.0. The number of fused-ring (bicyclic) bond motifs is 1. The monoisotopic (exact) mass is 472 g/mol. The highest BCUT2D eigenvalue weighted by Gasteiger charge is 2.46. The molecule has 3 heterocycles. The summed E-state index contributed by atoms with van der Waals surface area (Å²) in [5.74, 6) is -0.753. The van der Waals surface area contributed by atoms with Gasteiger partial charge in [0, 0.05) is 34.1 Å². The van der Waals surface area contributed by atoms with E-state index in [1.54, 1.807) is 29.2 Å². The van der Waals surface area contributed by atoms with Crippen LogP contribution in [0, 0.1) is 0 Å². The fourth-order valence-corrected chi connectivity index (χ4v) is 5.31. The minimum Gasteiger partial charge on any atom is -0.507 e. The number of aliphatic hydroxyl groups excluding tert-OH is 1. The van der Waals surface area contributed by atoms with Crippen LogP contribution < -0.4 is 4.74 Å². The quantitative estimate of drug-likeness (QED) is 0.217. The van der Waals surface area contributed by atoms with Gasteiger partial charge in [-0.05, 0) is 60.7 Å². The molecule has 6 nitrogen and oxygen atoms in total. The van der Waals surface area contributed by atoms with Crippen molar-refractivity contribution in [2.24, 2.45) is 0 Å². The standard InChI is InChI=1S/C27H24N2O4S/c1-2-33-19-11-9-17(10-12-19)25(30)23-24(22-8-5-15-34-22)29(27(32)26(23)31)14-13-18-16-28-21-7-4-3-6-20(18)21/h3-12,15-16,24,28,30H,2,13-14H2,1H3/t24-/m0/s1. The highest BCUT2D eigenvalue weighted by atomic mass is 32.1. The second-order valence-electron chi connectivity index (χ2n) is 8.07. The molecule has 5 rings (SSSR count). The van der Waals surface area contributed by atoms with Gasteiger partial charge in [-0.2, -0.15) is 0 Å². The summed E-state index contributed by atoms with van der Waals surface area (Å²) in [7, 11) is 0. The van der Waals surface area contributed by atoms with E-state index in [1.165, 1.54) is 11.3 Å². The van der Waals surface area contributed by atoms with E-state index in [4.69, 9.17) is 4.74 Å². The van der Waals surface area contributed by atoms with Gasteiger partial charge in [-0.15, -0.1) is 11.3 Å². The van der Waals surface area contributed by atoms with Crippen molar-refractivity contribution in [2.45, 2.75) is 19.4 Å². The summed E-state index contributed by atoms with van der Waals surface area (Å²) in [5, 5.41) is 14.2. The van der Waals surface area contributed by atoms with Gasteiger partial charge < -0.3 is 19.7 Å². The molecule has 1 aliphatic rings. The van der Waals surface area contributed by atoms with Crippen LogP contribution in [0.4, 0.5) is 0 Å². The third-order valence-electron chi connectivity index (χ3n) is 6.09. The Morgan fingerprint density at radius 3 is 2.62 bits per heavy atom. The van der Waals surface area contributed by atoms with Crippen molar-refractivity contribution >= 4 is 39.7 Å². The second-order valence-corrected chi connectivity index (χ2v) is 9.05. The number of amides is 1. The first-order valence-corrected chi connectivity index (χ1v) is 12.1. The third kappa shape index (κ3) is 3.88. The van der Waals surface area contributed by atoms with E-state index in [-0.39, 0.29) is 11.3 Å². The number of aromatic amines is 1. The Kier molecular flexibility index (Phi) is 5.94. The fraction of sp³-hybridized carbons (Fsp3) is 0.185. The number of hydrogen-bond donors (Lipinski definition) is 2. The lowest BCUT2D eigenvalue weighted by molar-refractivity contribution is -0.139. The number of ketones is 1. The Hall–Kier alpha value is -3.84. The Balaban J connectivity index is 1.50. The molecule has 0 spiro atoms. The summed E-state index contributed by atoms with van der Waals surface area (Å²) in [6, 6.07) is 18.0. The van der Waals surface area contributed by atoms with E-state index in [1.807, 2.05) is 54.9 Å². The number of likely N-dealkylation sites (tertiary alicyclic amines) is 1. The number of para-hydroxylation sites is 1. The van der Waals surface area contributed by atoms with Crippen LogP contribution in [0.1, 0.15) is 29.0 Å². The zero-order valence-corrected chi connectivity index (χ0v) is 19.5. The molecule has 172 valence electrons. The van der Waals surface area contributed by atoms with Gasteiger partial charge in [-0.25, -0.2) is 0 Å². The normalized spacial score (nSPS) is 17.6. The van der Waals surface area contributed by atoms with Crippen LogP contribution in [0.2, 0.25) is 0 Å². The van der Waals surface area contributed by atoms with E-state index in [2.05, 4.69) is 4.98 Å². The average Bonchev–Trinajstić information content (AvgIpc) is 3.58. The molecule has 0 bridgehead atoms. The lowest BCUT2D eigenvalue weighted by atomic mass is 9.99. The minimum atomic E-state index is -0.663. The van der Waals surface area contributed by atoms with E-state index >= 15 is 0 Å². The third-order valence-corrected chi connectivity index (χ3v) is 7.01. The molecule has 1 fully saturated rings. The number of ether oxygens (including phenoxy) is 1. The maximum Gasteiger partial charge on any atom is 0.295 e. The fourth-order valence-electron chi connectivity index (χ4n) is 4.46. The molecule has 2 aromatic heterocycles. The van der Waals surface area contributed by atoms with Crippen molar-refractivity contribution in [3.63, 3.8) is 0 Å². The van der Waals surface area contributed by atoms with Crippen LogP contribution in [-0.2, 0) is 16.0 Å². The Labute approximate surface area is 201 Å². The minimum absolute atomic E-state index is 0.121. The van der Waals surface area contributed by atoms with Gasteiger partial charge in [0.05, 0.1) is 18.2 Å². The lowest BCUT2D eigenvalue weighted by Gasteiger charge is -2.24. The molecular weight excluding hydrogens is 448 g/mol. The molecule has 2 aromatic carbocycles. The molecule has 2 N–H and O–H groups in total. The molecule has 0 saturated carbocycles. The number of hydrogen-bond acceptors (Lipinski definition) is 5. The summed E-state index contributed by atoms with van der Waals surface area (Å²) in [4.78, 5) is 31.9. The van der Waals surface area contributed by atoms with Gasteiger partial charge in [-0.3, -0.25) is 9.59 Å². The molecule has 7 heteroatoms. The number of aliphatic hydroxyl groups is 1. The SMILES string of the molecule is CCOc1ccc(C(O)=C2C(=O)C(=O)N(CCc3c[nH]c4ccccc34)[C@H]2c2cccs2)cc1. The van der Waals surface area contributed by atoms with Crippen molar-refractivity contribution in [3.8, 4) is 5.75 Å². The topological polar surface area (TPSA) is 82.6 Å². The van der Waals surface area contributed by atoms with Crippen molar-refractivity contribution in [1.82, 2.24) is 9.88 Å². The number of nitrogens with one attached hydrogen (secondary N) is 1. The number of nitrogens with zero attached hydrogens (tertiary/aromatic N) is 1. The zero-order chi connectivity index (χ0) is 23.7. The molecular formula is C27H24N2O4S. The van der Waals surface area contributed by atoms with Gasteiger partial charge in [0.15, 0.2) is 0 Å². The summed E-state index contributed by atoms with van der Waals surface area (Å²) in [6.45, 7) is 2.78. The molecule has 0 radical (unpaired) electrons. The van der Waals surface area contributed by atoms with E-state index < -0.39 is 17.7 Å². The molecule has 1 saturated heterocycles. The van der Waals surface area contributed by atoms with Crippen molar-refractivity contribution in [1.29, 1.82) is 0 Å². The number of aromatic nitrogens is 1. The summed E-state index contributed by atoms with van der Waals surface area (Å²) >= 11 is 1.46. The van der Waals surface area contributed by atoms with E-state index in [9.17, 15) is 14.7 Å². The molecule has 1 atom stereocenters. The Bertz CT molecular complexity index is 1370. The summed E-state index contributed by atoms with van der Waals surface area (Å²) < 4.78 is 5.47. The average molecular weight is 473 g/mol. The number of Topliss-reactive ketones (excluding diaryl/α,β-unsaturated/α-hetero) is 1. The zero-order valence-electron chi connectivity index (χ0n) is 18.7. The lowest BCUT2D eigenvalue weighted by Crippen LogP contribution is -2.31. The Morgan fingerprint density at radius 1 is 1.09 bits per heavy atom. The predicted molar refractivity (Wildman–Crippen MR) is 133 cm³/mol. The molecule has 4 aromatic rings. The maximum absolute atomic E-state index is 13.1. The van der Waals surface area contributed by atoms with Crippen LogP contribution in [0.5, 0.6) is 5.75 Å². The van der Waals surface area contributed by atoms with Gasteiger partial charge in [0.25, 0.3) is 11.7 Å². The number of carbonyl (C=O) groups excluding carboxylic acids is 2. The van der Waals surface area contributed by atoms with Crippen molar-refractivity contribution in [3.05, 3.63) is 93.8 Å². The second kappa shape index (κ2) is 9.19. The number of carbonyl (C=O) groups is 2. The van der Waals surface area contributed by atoms with Crippen LogP contribution in [0.3, 0.4) is 0 Å². The maximum atomic E-state index is 13.1. The first-order chi connectivity index (χ1) is 16.6. The predicted octanol–water partition coefficient (Wildman–Crippen LogP) is 5.29. The molecule has 34 heavy (non-hydrogen) atoms. The van der Waals surface area contributed by atoms with Crippen LogP contribution >= 0.6 is 11.3 Å².